The number of carbonyl (C=O) groups excluding carboxylic acids is 1. The molecule has 5 heteroatoms. The minimum Gasteiger partial charge on any atom is -0.462 e. The van der Waals surface area contributed by atoms with Crippen LogP contribution in [0.3, 0.4) is 0 Å². The molecule has 5 fully saturated rings. The van der Waals surface area contributed by atoms with Crippen LogP contribution in [-0.4, -0.2) is 68.2 Å². The van der Waals surface area contributed by atoms with Crippen molar-refractivity contribution in [2.75, 3.05) is 46.5 Å². The molecular formula is C19H32NO4+. The fourth-order valence-electron chi connectivity index (χ4n) is 6.21. The zero-order valence-corrected chi connectivity index (χ0v) is 14.9. The lowest BCUT2D eigenvalue weighted by molar-refractivity contribution is -0.919. The van der Waals surface area contributed by atoms with Crippen LogP contribution in [0.2, 0.25) is 0 Å². The quantitative estimate of drug-likeness (QED) is 0.611. The third-order valence-electron chi connectivity index (χ3n) is 7.08. The molecule has 4 bridgehead atoms. The molecule has 5 aliphatic rings. The van der Waals surface area contributed by atoms with Gasteiger partial charge in [-0.15, -0.1) is 0 Å². The molecule has 4 saturated carbocycles. The number of esters is 1. The summed E-state index contributed by atoms with van der Waals surface area (Å²) in [6.45, 7) is 4.11. The van der Waals surface area contributed by atoms with Crippen molar-refractivity contribution in [3.63, 3.8) is 0 Å². The van der Waals surface area contributed by atoms with Gasteiger partial charge in [0.1, 0.15) is 32.3 Å². The van der Waals surface area contributed by atoms with Gasteiger partial charge in [-0.25, -0.2) is 0 Å². The summed E-state index contributed by atoms with van der Waals surface area (Å²) in [6, 6.07) is 0. The van der Waals surface area contributed by atoms with E-state index in [1.807, 2.05) is 0 Å². The molecular weight excluding hydrogens is 306 g/mol. The lowest BCUT2D eigenvalue weighted by Gasteiger charge is -2.55. The van der Waals surface area contributed by atoms with Gasteiger partial charge >= 0.3 is 5.97 Å². The van der Waals surface area contributed by atoms with Crippen LogP contribution in [0, 0.1) is 23.2 Å². The Kier molecular flexibility index (Phi) is 4.38. The number of ether oxygens (including phenoxy) is 2. The van der Waals surface area contributed by atoms with E-state index in [1.165, 1.54) is 19.3 Å². The van der Waals surface area contributed by atoms with Crippen LogP contribution in [0.25, 0.3) is 0 Å². The molecule has 1 saturated heterocycles. The maximum absolute atomic E-state index is 12.8. The molecule has 0 aromatic carbocycles. The van der Waals surface area contributed by atoms with E-state index in [-0.39, 0.29) is 18.0 Å². The first-order valence-corrected chi connectivity index (χ1v) is 9.73. The van der Waals surface area contributed by atoms with Crippen LogP contribution < -0.4 is 0 Å². The van der Waals surface area contributed by atoms with Gasteiger partial charge in [0.2, 0.25) is 0 Å². The van der Waals surface area contributed by atoms with Crippen LogP contribution in [0.5, 0.6) is 0 Å². The summed E-state index contributed by atoms with van der Waals surface area (Å²) in [6.07, 6.45) is 6.48. The Hall–Kier alpha value is -0.650. The van der Waals surface area contributed by atoms with Crippen LogP contribution in [0.15, 0.2) is 0 Å². The summed E-state index contributed by atoms with van der Waals surface area (Å²) in [7, 11) is 2.15. The van der Waals surface area contributed by atoms with E-state index in [0.29, 0.717) is 6.54 Å². The molecule has 0 radical (unpaired) electrons. The maximum atomic E-state index is 12.8. The van der Waals surface area contributed by atoms with Crippen molar-refractivity contribution < 1.29 is 23.9 Å². The Morgan fingerprint density at radius 2 is 1.71 bits per heavy atom. The second kappa shape index (κ2) is 6.26. The number of carbonyl (C=O) groups is 1. The van der Waals surface area contributed by atoms with E-state index in [0.717, 1.165) is 67.8 Å². The van der Waals surface area contributed by atoms with Gasteiger partial charge < -0.3 is 19.1 Å². The Balaban J connectivity index is 1.30. The van der Waals surface area contributed by atoms with Crippen LogP contribution >= 0.6 is 0 Å². The number of quaternary nitrogens is 1. The number of hydrogen-bond donors (Lipinski definition) is 1. The molecule has 24 heavy (non-hydrogen) atoms. The summed E-state index contributed by atoms with van der Waals surface area (Å²) in [5.74, 6) is 2.20. The highest BCUT2D eigenvalue weighted by atomic mass is 16.5. The van der Waals surface area contributed by atoms with Crippen molar-refractivity contribution in [1.29, 1.82) is 0 Å². The molecule has 5 nitrogen and oxygen atoms in total. The molecule has 0 aromatic heterocycles. The van der Waals surface area contributed by atoms with Crippen LogP contribution in [0.4, 0.5) is 0 Å². The number of rotatable bonds is 5. The van der Waals surface area contributed by atoms with Crippen LogP contribution in [-0.2, 0) is 14.3 Å². The minimum atomic E-state index is -0.578. The SMILES string of the molecule is C[N+]1(CC(O)COC(=O)C23CC4CC(CC(C4)C2)C3)CCOCC1. The third-order valence-corrected chi connectivity index (χ3v) is 7.08. The van der Waals surface area contributed by atoms with Crippen molar-refractivity contribution in [1.82, 2.24) is 0 Å². The van der Waals surface area contributed by atoms with Gasteiger partial charge in [-0.05, 0) is 56.3 Å². The number of aliphatic hydroxyl groups excluding tert-OH is 1. The van der Waals surface area contributed by atoms with Crippen molar-refractivity contribution in [3.8, 4) is 0 Å². The van der Waals surface area contributed by atoms with Crippen molar-refractivity contribution in [2.24, 2.45) is 23.2 Å². The molecule has 4 aliphatic carbocycles. The van der Waals surface area contributed by atoms with Crippen molar-refractivity contribution >= 4 is 5.97 Å². The molecule has 1 aliphatic heterocycles. The molecule has 1 N–H and O–H groups in total. The molecule has 5 rings (SSSR count). The average Bonchev–Trinajstić information content (AvgIpc) is 2.51. The summed E-state index contributed by atoms with van der Waals surface area (Å²) in [5, 5.41) is 10.4. The number of aliphatic hydroxyl groups is 1. The predicted octanol–water partition coefficient (Wildman–Crippen LogP) is 1.58. The average molecular weight is 338 g/mol. The first-order valence-electron chi connectivity index (χ1n) is 9.73. The fraction of sp³-hybridized carbons (Fsp3) is 0.947. The molecule has 0 aromatic rings. The van der Waals surface area contributed by atoms with Gasteiger partial charge in [-0.3, -0.25) is 4.79 Å². The van der Waals surface area contributed by atoms with Gasteiger partial charge in [-0.1, -0.05) is 0 Å². The normalized spacial score (nSPS) is 41.2. The molecule has 136 valence electrons. The molecule has 0 amide bonds. The summed E-state index contributed by atoms with van der Waals surface area (Å²) in [4.78, 5) is 12.8. The highest BCUT2D eigenvalue weighted by Gasteiger charge is 2.55. The van der Waals surface area contributed by atoms with Crippen LogP contribution in [0.1, 0.15) is 38.5 Å². The zero-order chi connectivity index (χ0) is 16.8. The summed E-state index contributed by atoms with van der Waals surface area (Å²) in [5.41, 5.74) is -0.216. The Morgan fingerprint density at radius 3 is 2.25 bits per heavy atom. The second-order valence-corrected chi connectivity index (χ2v) is 9.31. The van der Waals surface area contributed by atoms with Gasteiger partial charge in [-0.2, -0.15) is 0 Å². The number of morpholine rings is 1. The van der Waals surface area contributed by atoms with E-state index >= 15 is 0 Å². The largest absolute Gasteiger partial charge is 0.462 e. The highest BCUT2D eigenvalue weighted by Crippen LogP contribution is 2.60. The number of nitrogens with zero attached hydrogens (tertiary/aromatic N) is 1. The highest BCUT2D eigenvalue weighted by molar-refractivity contribution is 5.77. The smallest absolute Gasteiger partial charge is 0.312 e. The Bertz CT molecular complexity index is 450. The monoisotopic (exact) mass is 338 g/mol. The Labute approximate surface area is 144 Å². The molecule has 0 spiro atoms. The number of likely N-dealkylation sites (N-methyl/N-ethyl adjacent to an activating group) is 1. The molecule has 1 unspecified atom stereocenters. The zero-order valence-electron chi connectivity index (χ0n) is 14.9. The molecule has 1 heterocycles. The van der Waals surface area contributed by atoms with Crippen molar-refractivity contribution in [2.45, 2.75) is 44.6 Å². The molecule has 1 atom stereocenters. The lowest BCUT2D eigenvalue weighted by atomic mass is 9.49. The Morgan fingerprint density at radius 1 is 1.17 bits per heavy atom. The van der Waals surface area contributed by atoms with E-state index in [1.54, 1.807) is 0 Å². The standard InChI is InChI=1S/C19H32NO4/c1-20(2-4-23-5-3-20)12-17(21)13-24-18(22)19-9-14-6-15(10-19)8-16(7-14)11-19/h14-17,21H,2-13H2,1H3/q+1. The van der Waals surface area contributed by atoms with Gasteiger partial charge in [0.25, 0.3) is 0 Å². The van der Waals surface area contributed by atoms with E-state index in [9.17, 15) is 9.90 Å². The van der Waals surface area contributed by atoms with Gasteiger partial charge in [0, 0.05) is 0 Å². The van der Waals surface area contributed by atoms with E-state index in [2.05, 4.69) is 7.05 Å². The van der Waals surface area contributed by atoms with Gasteiger partial charge in [0.05, 0.1) is 25.7 Å². The second-order valence-electron chi connectivity index (χ2n) is 9.31. The maximum Gasteiger partial charge on any atom is 0.312 e. The summed E-state index contributed by atoms with van der Waals surface area (Å²) >= 11 is 0. The van der Waals surface area contributed by atoms with Crippen molar-refractivity contribution in [3.05, 3.63) is 0 Å². The summed E-state index contributed by atoms with van der Waals surface area (Å²) < 4.78 is 11.8. The lowest BCUT2D eigenvalue weighted by Crippen LogP contribution is -2.56. The minimum absolute atomic E-state index is 0.0229. The van der Waals surface area contributed by atoms with E-state index in [4.69, 9.17) is 9.47 Å². The topological polar surface area (TPSA) is 55.8 Å². The third kappa shape index (κ3) is 3.23. The van der Waals surface area contributed by atoms with Gasteiger partial charge in [0.15, 0.2) is 0 Å². The fourth-order valence-corrected chi connectivity index (χ4v) is 6.21. The predicted molar refractivity (Wildman–Crippen MR) is 89.2 cm³/mol. The number of hydrogen-bond acceptors (Lipinski definition) is 4. The van der Waals surface area contributed by atoms with E-state index < -0.39 is 6.10 Å². The first-order chi connectivity index (χ1) is 11.5. The first kappa shape index (κ1) is 16.8.